The van der Waals surface area contributed by atoms with Gasteiger partial charge in [0.25, 0.3) is 5.91 Å². The van der Waals surface area contributed by atoms with Crippen molar-refractivity contribution in [2.75, 3.05) is 12.0 Å². The summed E-state index contributed by atoms with van der Waals surface area (Å²) in [4.78, 5) is 28.7. The maximum atomic E-state index is 13.8. The molecule has 1 unspecified atom stereocenters. The smallest absolute Gasteiger partial charge is 0.294 e. The zero-order valence-corrected chi connectivity index (χ0v) is 19.7. The highest BCUT2D eigenvalue weighted by atomic mass is 35.5. The molecule has 5 aromatic rings. The molecule has 1 aliphatic heterocycles. The number of hydrogen-bond acceptors (Lipinski definition) is 6. The Kier molecular flexibility index (Phi) is 5.09. The number of nitrogens with zero attached hydrogens (tertiary/aromatic N) is 1. The summed E-state index contributed by atoms with van der Waals surface area (Å²) in [7, 11) is 1.47. The predicted octanol–water partition coefficient (Wildman–Crippen LogP) is 6.62. The van der Waals surface area contributed by atoms with Crippen LogP contribution in [0.3, 0.4) is 0 Å². The molecule has 1 N–H and O–H groups in total. The van der Waals surface area contributed by atoms with Crippen LogP contribution in [-0.2, 0) is 4.79 Å². The van der Waals surface area contributed by atoms with Crippen molar-refractivity contribution >= 4 is 50.7 Å². The van der Waals surface area contributed by atoms with Gasteiger partial charge in [-0.2, -0.15) is 0 Å². The summed E-state index contributed by atoms with van der Waals surface area (Å²) in [5.41, 5.74) is 0.717. The highest BCUT2D eigenvalue weighted by molar-refractivity contribution is 6.31. The zero-order chi connectivity index (χ0) is 25.0. The second-order valence-electron chi connectivity index (χ2n) is 8.32. The van der Waals surface area contributed by atoms with E-state index in [1.807, 2.05) is 36.4 Å². The molecule has 8 heteroatoms. The second kappa shape index (κ2) is 8.32. The van der Waals surface area contributed by atoms with Gasteiger partial charge in [0, 0.05) is 21.9 Å². The lowest BCUT2D eigenvalue weighted by molar-refractivity contribution is -0.117. The molecule has 0 saturated heterocycles. The molecule has 3 heterocycles. The van der Waals surface area contributed by atoms with Crippen LogP contribution in [-0.4, -0.2) is 23.9 Å². The van der Waals surface area contributed by atoms with Gasteiger partial charge in [0.05, 0.1) is 24.6 Å². The second-order valence-corrected chi connectivity index (χ2v) is 8.76. The average Bonchev–Trinajstić information content (AvgIpc) is 3.62. The van der Waals surface area contributed by atoms with E-state index in [1.165, 1.54) is 24.3 Å². The number of methoxy groups -OCH3 is 1. The molecule has 0 fully saturated rings. The number of hydrogen-bond donors (Lipinski definition) is 1. The highest BCUT2D eigenvalue weighted by Crippen LogP contribution is 2.44. The van der Waals surface area contributed by atoms with Gasteiger partial charge in [0.2, 0.25) is 5.78 Å². The van der Waals surface area contributed by atoms with Crippen LogP contribution in [0.1, 0.15) is 22.4 Å². The lowest BCUT2D eigenvalue weighted by Crippen LogP contribution is -2.31. The first-order chi connectivity index (χ1) is 17.5. The molecule has 1 amide bonds. The van der Waals surface area contributed by atoms with Crippen molar-refractivity contribution in [3.05, 3.63) is 107 Å². The Morgan fingerprint density at radius 1 is 1.03 bits per heavy atom. The first-order valence-corrected chi connectivity index (χ1v) is 11.5. The third-order valence-electron chi connectivity index (χ3n) is 6.28. The van der Waals surface area contributed by atoms with Gasteiger partial charge in [-0.1, -0.05) is 48.0 Å². The molecule has 178 valence electrons. The standard InChI is InChI=1S/C28H18ClNO6/c1-34-22-14-17(29)12-16-13-21(36-27(16)22)25(31)23-24(20-10-5-11-35-20)30(28(33)26(23)32)19-9-4-7-15-6-2-3-8-18(15)19/h2-14,24,32H,1H3. The summed E-state index contributed by atoms with van der Waals surface area (Å²) < 4.78 is 16.8. The predicted molar refractivity (Wildman–Crippen MR) is 135 cm³/mol. The third-order valence-corrected chi connectivity index (χ3v) is 6.50. The number of ketones is 1. The number of halogens is 1. The summed E-state index contributed by atoms with van der Waals surface area (Å²) in [5.74, 6) is -1.43. The van der Waals surface area contributed by atoms with Crippen molar-refractivity contribution in [3.63, 3.8) is 0 Å². The quantitative estimate of drug-likeness (QED) is 0.273. The van der Waals surface area contributed by atoms with Gasteiger partial charge in [-0.05, 0) is 35.7 Å². The summed E-state index contributed by atoms with van der Waals surface area (Å²) in [5, 5.41) is 13.7. The monoisotopic (exact) mass is 499 g/mol. The molecule has 0 saturated carbocycles. The van der Waals surface area contributed by atoms with Crippen LogP contribution in [0.15, 0.2) is 99.2 Å². The molecular formula is C28H18ClNO6. The van der Waals surface area contributed by atoms with E-state index in [0.717, 1.165) is 10.8 Å². The maximum Gasteiger partial charge on any atom is 0.294 e. The van der Waals surface area contributed by atoms with Crippen molar-refractivity contribution in [3.8, 4) is 5.75 Å². The Morgan fingerprint density at radius 3 is 2.61 bits per heavy atom. The van der Waals surface area contributed by atoms with Crippen molar-refractivity contribution in [2.45, 2.75) is 6.04 Å². The van der Waals surface area contributed by atoms with Crippen LogP contribution >= 0.6 is 11.6 Å². The van der Waals surface area contributed by atoms with E-state index in [4.69, 9.17) is 25.2 Å². The van der Waals surface area contributed by atoms with E-state index in [-0.39, 0.29) is 11.3 Å². The minimum Gasteiger partial charge on any atom is -0.503 e. The fourth-order valence-corrected chi connectivity index (χ4v) is 4.92. The normalized spacial score (nSPS) is 15.9. The van der Waals surface area contributed by atoms with Gasteiger partial charge < -0.3 is 18.7 Å². The van der Waals surface area contributed by atoms with E-state index in [9.17, 15) is 14.7 Å². The summed E-state index contributed by atoms with van der Waals surface area (Å²) in [6.45, 7) is 0. The molecule has 0 aliphatic carbocycles. The van der Waals surface area contributed by atoms with Crippen LogP contribution in [0.2, 0.25) is 5.02 Å². The highest BCUT2D eigenvalue weighted by Gasteiger charge is 2.47. The molecule has 1 atom stereocenters. The number of Topliss-reactive ketones (excluding diaryl/α,β-unsaturated/α-hetero) is 1. The molecule has 1 aliphatic rings. The van der Waals surface area contributed by atoms with Gasteiger partial charge in [-0.15, -0.1) is 0 Å². The van der Waals surface area contributed by atoms with Crippen LogP contribution in [0, 0.1) is 0 Å². The van der Waals surface area contributed by atoms with Gasteiger partial charge in [-0.25, -0.2) is 0 Å². The molecule has 0 radical (unpaired) electrons. The van der Waals surface area contributed by atoms with Crippen molar-refractivity contribution in [1.29, 1.82) is 0 Å². The van der Waals surface area contributed by atoms with E-state index in [1.54, 1.807) is 30.3 Å². The Balaban J connectivity index is 1.52. The lowest BCUT2D eigenvalue weighted by Gasteiger charge is -2.26. The van der Waals surface area contributed by atoms with Crippen LogP contribution in [0.4, 0.5) is 5.69 Å². The van der Waals surface area contributed by atoms with Crippen molar-refractivity contribution in [2.24, 2.45) is 0 Å². The van der Waals surface area contributed by atoms with E-state index in [2.05, 4.69) is 0 Å². The van der Waals surface area contributed by atoms with Gasteiger partial charge in [0.15, 0.2) is 22.9 Å². The van der Waals surface area contributed by atoms with E-state index in [0.29, 0.717) is 33.2 Å². The Morgan fingerprint density at radius 2 is 1.83 bits per heavy atom. The molecule has 6 rings (SSSR count). The SMILES string of the molecule is COc1cc(Cl)cc2cc(C(=O)C3=C(O)C(=O)N(c4cccc5ccccc45)C3c3ccco3)oc12. The van der Waals surface area contributed by atoms with Crippen LogP contribution < -0.4 is 9.64 Å². The molecular weight excluding hydrogens is 482 g/mol. The van der Waals surface area contributed by atoms with Gasteiger partial charge in [0.1, 0.15) is 11.8 Å². The number of furan rings is 2. The van der Waals surface area contributed by atoms with Crippen LogP contribution in [0.25, 0.3) is 21.7 Å². The van der Waals surface area contributed by atoms with Crippen molar-refractivity contribution in [1.82, 2.24) is 0 Å². The Hall–Kier alpha value is -4.49. The summed E-state index contributed by atoms with van der Waals surface area (Å²) >= 11 is 6.17. The summed E-state index contributed by atoms with van der Waals surface area (Å²) in [6, 6.07) is 20.1. The first kappa shape index (κ1) is 22.0. The molecule has 36 heavy (non-hydrogen) atoms. The number of anilines is 1. The number of carbonyl (C=O) groups is 2. The zero-order valence-electron chi connectivity index (χ0n) is 18.9. The number of fused-ring (bicyclic) bond motifs is 2. The molecule has 7 nitrogen and oxygen atoms in total. The van der Waals surface area contributed by atoms with Crippen LogP contribution in [0.5, 0.6) is 5.75 Å². The summed E-state index contributed by atoms with van der Waals surface area (Å²) in [6.07, 6.45) is 1.45. The van der Waals surface area contributed by atoms with Gasteiger partial charge in [-0.3, -0.25) is 14.5 Å². The lowest BCUT2D eigenvalue weighted by atomic mass is 9.98. The first-order valence-electron chi connectivity index (χ1n) is 11.1. The molecule has 2 aromatic heterocycles. The minimum atomic E-state index is -1.01. The number of carbonyl (C=O) groups excluding carboxylic acids is 2. The fourth-order valence-electron chi connectivity index (χ4n) is 4.70. The number of ether oxygens (including phenoxy) is 1. The average molecular weight is 500 g/mol. The fraction of sp³-hybridized carbons (Fsp3) is 0.0714. The number of aliphatic hydroxyl groups is 1. The minimum absolute atomic E-state index is 0.0729. The molecule has 0 bridgehead atoms. The number of aliphatic hydroxyl groups excluding tert-OH is 1. The largest absolute Gasteiger partial charge is 0.503 e. The van der Waals surface area contributed by atoms with Crippen molar-refractivity contribution < 1.29 is 28.3 Å². The van der Waals surface area contributed by atoms with E-state index >= 15 is 0 Å². The topological polar surface area (TPSA) is 93.1 Å². The number of amides is 1. The Bertz CT molecular complexity index is 1690. The number of benzene rings is 3. The number of rotatable bonds is 5. The molecule has 0 spiro atoms. The maximum absolute atomic E-state index is 13.8. The van der Waals surface area contributed by atoms with E-state index < -0.39 is 23.5 Å². The Labute approximate surface area is 209 Å². The van der Waals surface area contributed by atoms with Gasteiger partial charge >= 0.3 is 0 Å². The third kappa shape index (κ3) is 3.28. The molecule has 3 aromatic carbocycles.